The van der Waals surface area contributed by atoms with Crippen molar-refractivity contribution in [3.63, 3.8) is 0 Å². The third-order valence-electron chi connectivity index (χ3n) is 5.17. The van der Waals surface area contributed by atoms with Gasteiger partial charge < -0.3 is 15.4 Å². The lowest BCUT2D eigenvalue weighted by Gasteiger charge is -2.15. The first-order valence-corrected chi connectivity index (χ1v) is 11.6. The van der Waals surface area contributed by atoms with E-state index < -0.39 is 11.4 Å². The molecule has 0 aliphatic heterocycles. The maximum absolute atomic E-state index is 13.8. The topological polar surface area (TPSA) is 85.2 Å². The Balaban J connectivity index is 1.78. The molecule has 9 heteroatoms. The van der Waals surface area contributed by atoms with Crippen LogP contribution in [0.5, 0.6) is 11.5 Å². The van der Waals surface area contributed by atoms with E-state index in [1.54, 1.807) is 48.5 Å². The van der Waals surface area contributed by atoms with E-state index in [1.165, 1.54) is 24.4 Å². The molecule has 1 aromatic heterocycles. The molecule has 0 saturated heterocycles. The molecule has 0 spiro atoms. The van der Waals surface area contributed by atoms with Crippen LogP contribution in [0.3, 0.4) is 0 Å². The molecule has 2 N–H and O–H groups in total. The van der Waals surface area contributed by atoms with Gasteiger partial charge in [-0.25, -0.2) is 4.39 Å². The van der Waals surface area contributed by atoms with Gasteiger partial charge in [0.15, 0.2) is 11.4 Å². The number of nitrogens with one attached hydrogen (secondary N) is 2. The molecule has 3 aromatic carbocycles. The second-order valence-electron chi connectivity index (χ2n) is 8.43. The van der Waals surface area contributed by atoms with Crippen LogP contribution in [-0.4, -0.2) is 21.7 Å². The lowest BCUT2D eigenvalue weighted by atomic mass is 10.1. The number of rotatable bonds is 7. The van der Waals surface area contributed by atoms with E-state index in [-0.39, 0.29) is 29.1 Å². The summed E-state index contributed by atoms with van der Waals surface area (Å²) < 4.78 is 20.9. The second-order valence-corrected chi connectivity index (χ2v) is 8.83. The van der Waals surface area contributed by atoms with Crippen LogP contribution in [0.4, 0.5) is 15.8 Å². The summed E-state index contributed by atoms with van der Waals surface area (Å²) in [4.78, 5) is 26.0. The van der Waals surface area contributed by atoms with Gasteiger partial charge in [-0.15, -0.1) is 0 Å². The van der Waals surface area contributed by atoms with E-state index in [0.29, 0.717) is 22.0 Å². The van der Waals surface area contributed by atoms with Crippen molar-refractivity contribution in [1.82, 2.24) is 15.1 Å². The zero-order valence-corrected chi connectivity index (χ0v) is 20.6. The minimum atomic E-state index is -0.569. The van der Waals surface area contributed by atoms with Gasteiger partial charge in [-0.05, 0) is 80.9 Å². The van der Waals surface area contributed by atoms with Gasteiger partial charge in [-0.1, -0.05) is 23.7 Å². The summed E-state index contributed by atoms with van der Waals surface area (Å²) in [6.45, 7) is 5.57. The van der Waals surface area contributed by atoms with Crippen molar-refractivity contribution in [1.29, 1.82) is 0 Å². The van der Waals surface area contributed by atoms with E-state index in [4.69, 9.17) is 16.3 Å². The monoisotopic (exact) mass is 506 g/mol. The maximum atomic E-state index is 13.8. The quantitative estimate of drug-likeness (QED) is 0.321. The number of aromatic nitrogens is 2. The maximum Gasteiger partial charge on any atom is 0.299 e. The normalized spacial score (nSPS) is 10.8. The molecule has 0 radical (unpaired) electrons. The van der Waals surface area contributed by atoms with Crippen LogP contribution < -0.4 is 20.9 Å². The highest BCUT2D eigenvalue weighted by molar-refractivity contribution is 6.31. The summed E-state index contributed by atoms with van der Waals surface area (Å²) in [5, 5.41) is 10.7. The molecule has 0 atom stereocenters. The SMILES string of the molecule is Cc1cc(Oc2cnn(-c3cccc(F)c3)c(=O)c2Nc2cccc(C(=O)NC(C)C)c2)ccc1Cl. The molecule has 184 valence electrons. The summed E-state index contributed by atoms with van der Waals surface area (Å²) in [7, 11) is 0. The molecular weight excluding hydrogens is 483 g/mol. The fraction of sp³-hybridized carbons (Fsp3) is 0.148. The molecular formula is C27H24ClFN4O3. The van der Waals surface area contributed by atoms with E-state index in [9.17, 15) is 14.0 Å². The van der Waals surface area contributed by atoms with Crippen molar-refractivity contribution < 1.29 is 13.9 Å². The van der Waals surface area contributed by atoms with Crippen LogP contribution in [0.15, 0.2) is 77.7 Å². The van der Waals surface area contributed by atoms with Crippen LogP contribution >= 0.6 is 11.6 Å². The van der Waals surface area contributed by atoms with Crippen LogP contribution in [0.25, 0.3) is 5.69 Å². The zero-order valence-electron chi connectivity index (χ0n) is 19.9. The average Bonchev–Trinajstić information content (AvgIpc) is 2.83. The Hall–Kier alpha value is -4.17. The molecule has 0 saturated carbocycles. The van der Waals surface area contributed by atoms with Gasteiger partial charge in [0.05, 0.1) is 11.9 Å². The summed E-state index contributed by atoms with van der Waals surface area (Å²) in [5.41, 5.74) is 1.45. The molecule has 0 bridgehead atoms. The lowest BCUT2D eigenvalue weighted by molar-refractivity contribution is 0.0943. The third kappa shape index (κ3) is 5.72. The van der Waals surface area contributed by atoms with E-state index in [2.05, 4.69) is 15.7 Å². The number of benzene rings is 3. The zero-order chi connectivity index (χ0) is 25.8. The number of carbonyl (C=O) groups is 1. The van der Waals surface area contributed by atoms with Gasteiger partial charge in [0.1, 0.15) is 11.6 Å². The molecule has 0 aliphatic rings. The Labute approximate surface area is 212 Å². The van der Waals surface area contributed by atoms with Crippen LogP contribution in [0, 0.1) is 12.7 Å². The number of carbonyl (C=O) groups excluding carboxylic acids is 1. The largest absolute Gasteiger partial charge is 0.453 e. The van der Waals surface area contributed by atoms with Crippen molar-refractivity contribution in [2.45, 2.75) is 26.8 Å². The first-order chi connectivity index (χ1) is 17.2. The number of hydrogen-bond donors (Lipinski definition) is 2. The first-order valence-electron chi connectivity index (χ1n) is 11.2. The first kappa shape index (κ1) is 24.9. The fourth-order valence-electron chi connectivity index (χ4n) is 3.46. The average molecular weight is 507 g/mol. The van der Waals surface area contributed by atoms with Crippen molar-refractivity contribution in [2.24, 2.45) is 0 Å². The molecule has 4 aromatic rings. The minimum Gasteiger partial charge on any atom is -0.453 e. The summed E-state index contributed by atoms with van der Waals surface area (Å²) in [6, 6.07) is 17.3. The van der Waals surface area contributed by atoms with Gasteiger partial charge in [-0.2, -0.15) is 9.78 Å². The lowest BCUT2D eigenvalue weighted by Crippen LogP contribution is -2.30. The van der Waals surface area contributed by atoms with Crippen LogP contribution in [0.1, 0.15) is 29.8 Å². The molecule has 0 unspecified atom stereocenters. The molecule has 4 rings (SSSR count). The van der Waals surface area contributed by atoms with Crippen LogP contribution in [0.2, 0.25) is 5.02 Å². The highest BCUT2D eigenvalue weighted by Crippen LogP contribution is 2.31. The number of hydrogen-bond acceptors (Lipinski definition) is 5. The molecule has 0 fully saturated rings. The number of amides is 1. The van der Waals surface area contributed by atoms with Gasteiger partial charge in [0.2, 0.25) is 0 Å². The molecule has 0 aliphatic carbocycles. The van der Waals surface area contributed by atoms with Gasteiger partial charge in [0, 0.05) is 22.3 Å². The van der Waals surface area contributed by atoms with Crippen molar-refractivity contribution in [3.05, 3.63) is 105 Å². The second kappa shape index (κ2) is 10.6. The number of aryl methyl sites for hydroxylation is 1. The summed E-state index contributed by atoms with van der Waals surface area (Å²) in [6.07, 6.45) is 1.37. The standard InChI is InChI=1S/C27H24ClFN4O3/c1-16(2)31-26(34)18-6-4-8-20(13-18)32-25-24(36-22-10-11-23(28)17(3)12-22)15-30-33(27(25)35)21-9-5-7-19(29)14-21/h4-16,32H,1-3H3,(H,31,34). The van der Waals surface area contributed by atoms with E-state index >= 15 is 0 Å². The predicted molar refractivity (Wildman–Crippen MR) is 138 cm³/mol. The minimum absolute atomic E-state index is 0.0318. The Morgan fingerprint density at radius 2 is 1.86 bits per heavy atom. The van der Waals surface area contributed by atoms with Crippen molar-refractivity contribution >= 4 is 28.9 Å². The predicted octanol–water partition coefficient (Wildman–Crippen LogP) is 6.01. The fourth-order valence-corrected chi connectivity index (χ4v) is 3.58. The van der Waals surface area contributed by atoms with Gasteiger partial charge >= 0.3 is 0 Å². The number of ether oxygens (including phenoxy) is 1. The highest BCUT2D eigenvalue weighted by atomic mass is 35.5. The van der Waals surface area contributed by atoms with Crippen molar-refractivity contribution in [2.75, 3.05) is 5.32 Å². The van der Waals surface area contributed by atoms with E-state index in [1.807, 2.05) is 20.8 Å². The van der Waals surface area contributed by atoms with Gasteiger partial charge in [-0.3, -0.25) is 9.59 Å². The number of nitrogens with zero attached hydrogens (tertiary/aromatic N) is 2. The molecule has 7 nitrogen and oxygen atoms in total. The van der Waals surface area contributed by atoms with Crippen molar-refractivity contribution in [3.8, 4) is 17.2 Å². The number of anilines is 2. The molecule has 1 amide bonds. The Morgan fingerprint density at radius 3 is 2.58 bits per heavy atom. The molecule has 1 heterocycles. The number of halogens is 2. The summed E-state index contributed by atoms with van der Waals surface area (Å²) >= 11 is 6.12. The van der Waals surface area contributed by atoms with E-state index in [0.717, 1.165) is 10.2 Å². The smallest absolute Gasteiger partial charge is 0.299 e. The summed E-state index contributed by atoms with van der Waals surface area (Å²) in [5.74, 6) is -0.147. The highest BCUT2D eigenvalue weighted by Gasteiger charge is 2.17. The third-order valence-corrected chi connectivity index (χ3v) is 5.59. The molecule has 36 heavy (non-hydrogen) atoms. The Morgan fingerprint density at radius 1 is 1.08 bits per heavy atom. The Bertz CT molecular complexity index is 1490. The Kier molecular flexibility index (Phi) is 7.36. The van der Waals surface area contributed by atoms with Gasteiger partial charge in [0.25, 0.3) is 11.5 Å². The van der Waals surface area contributed by atoms with Crippen LogP contribution in [-0.2, 0) is 0 Å².